The Morgan fingerprint density at radius 3 is 2.00 bits per heavy atom. The summed E-state index contributed by atoms with van der Waals surface area (Å²) in [5, 5.41) is 12.7. The van der Waals surface area contributed by atoms with E-state index in [4.69, 9.17) is 0 Å². The highest BCUT2D eigenvalue weighted by Gasteiger charge is 2.30. The van der Waals surface area contributed by atoms with Crippen LogP contribution in [0, 0.1) is 16.7 Å². The molecule has 0 heterocycles. The highest BCUT2D eigenvalue weighted by atomic mass is 16.3. The Morgan fingerprint density at radius 2 is 1.65 bits per heavy atom. The van der Waals surface area contributed by atoms with Crippen LogP contribution in [-0.4, -0.2) is 23.7 Å². The number of amides is 1. The van der Waals surface area contributed by atoms with Crippen molar-refractivity contribution >= 4 is 5.91 Å². The first-order valence-electron chi connectivity index (χ1n) is 6.43. The van der Waals surface area contributed by atoms with Crippen molar-refractivity contribution in [3.8, 4) is 0 Å². The van der Waals surface area contributed by atoms with Crippen molar-refractivity contribution in [1.29, 1.82) is 0 Å². The highest BCUT2D eigenvalue weighted by Crippen LogP contribution is 2.25. The SMILES string of the molecule is CC(C)CC(C)(C)C(=O)NCC(O)C(C)(C)C. The molecule has 0 aromatic carbocycles. The predicted molar refractivity (Wildman–Crippen MR) is 71.7 cm³/mol. The average molecular weight is 243 g/mol. The predicted octanol–water partition coefficient (Wildman–Crippen LogP) is 2.58. The Hall–Kier alpha value is -0.570. The van der Waals surface area contributed by atoms with Crippen LogP contribution in [0.25, 0.3) is 0 Å². The number of carbonyl (C=O) groups is 1. The fourth-order valence-corrected chi connectivity index (χ4v) is 1.85. The number of nitrogens with one attached hydrogen (secondary N) is 1. The number of aliphatic hydroxyl groups excluding tert-OH is 1. The fourth-order valence-electron chi connectivity index (χ4n) is 1.85. The third kappa shape index (κ3) is 6.06. The Bertz CT molecular complexity index is 251. The van der Waals surface area contributed by atoms with Gasteiger partial charge in [-0.05, 0) is 17.8 Å². The van der Waals surface area contributed by atoms with Gasteiger partial charge in [0.2, 0.25) is 5.91 Å². The zero-order valence-electron chi connectivity index (χ0n) is 12.4. The second-order valence-corrected chi connectivity index (χ2v) is 7.07. The van der Waals surface area contributed by atoms with Crippen LogP contribution in [0.2, 0.25) is 0 Å². The molecule has 17 heavy (non-hydrogen) atoms. The molecule has 0 fully saturated rings. The van der Waals surface area contributed by atoms with Gasteiger partial charge in [0.05, 0.1) is 6.10 Å². The smallest absolute Gasteiger partial charge is 0.225 e. The first-order valence-corrected chi connectivity index (χ1v) is 6.43. The van der Waals surface area contributed by atoms with Gasteiger partial charge in [-0.25, -0.2) is 0 Å². The maximum Gasteiger partial charge on any atom is 0.225 e. The van der Waals surface area contributed by atoms with Gasteiger partial charge in [-0.3, -0.25) is 4.79 Å². The second-order valence-electron chi connectivity index (χ2n) is 7.07. The quantitative estimate of drug-likeness (QED) is 0.779. The van der Waals surface area contributed by atoms with E-state index in [1.54, 1.807) is 0 Å². The molecule has 0 aliphatic heterocycles. The summed E-state index contributed by atoms with van der Waals surface area (Å²) in [4.78, 5) is 12.0. The summed E-state index contributed by atoms with van der Waals surface area (Å²) in [5.41, 5.74) is -0.568. The van der Waals surface area contributed by atoms with E-state index in [0.29, 0.717) is 12.5 Å². The molecule has 0 radical (unpaired) electrons. The molecule has 0 aliphatic carbocycles. The van der Waals surface area contributed by atoms with E-state index >= 15 is 0 Å². The number of carbonyl (C=O) groups excluding carboxylic acids is 1. The van der Waals surface area contributed by atoms with Gasteiger partial charge in [0.1, 0.15) is 0 Å². The maximum atomic E-state index is 12.0. The minimum atomic E-state index is -0.513. The molecule has 0 saturated carbocycles. The molecule has 0 aromatic rings. The second kappa shape index (κ2) is 5.85. The summed E-state index contributed by atoms with van der Waals surface area (Å²) in [6.07, 6.45) is 0.339. The molecular weight excluding hydrogens is 214 g/mol. The van der Waals surface area contributed by atoms with Crippen LogP contribution in [-0.2, 0) is 4.79 Å². The van der Waals surface area contributed by atoms with Crippen LogP contribution >= 0.6 is 0 Å². The van der Waals surface area contributed by atoms with E-state index in [-0.39, 0.29) is 16.7 Å². The minimum Gasteiger partial charge on any atom is -0.391 e. The zero-order valence-corrected chi connectivity index (χ0v) is 12.4. The zero-order chi connectivity index (χ0) is 13.9. The molecule has 1 atom stereocenters. The van der Waals surface area contributed by atoms with Gasteiger partial charge >= 0.3 is 0 Å². The third-order valence-electron chi connectivity index (χ3n) is 2.99. The van der Waals surface area contributed by atoms with Crippen LogP contribution in [0.5, 0.6) is 0 Å². The van der Waals surface area contributed by atoms with Gasteiger partial charge in [-0.15, -0.1) is 0 Å². The van der Waals surface area contributed by atoms with E-state index < -0.39 is 6.10 Å². The Labute approximate surface area is 106 Å². The van der Waals surface area contributed by atoms with E-state index in [0.717, 1.165) is 6.42 Å². The summed E-state index contributed by atoms with van der Waals surface area (Å²) < 4.78 is 0. The molecule has 0 bridgehead atoms. The van der Waals surface area contributed by atoms with Gasteiger partial charge < -0.3 is 10.4 Å². The Kier molecular flexibility index (Phi) is 5.66. The topological polar surface area (TPSA) is 49.3 Å². The number of hydrogen-bond acceptors (Lipinski definition) is 2. The van der Waals surface area contributed by atoms with Gasteiger partial charge in [0.15, 0.2) is 0 Å². The summed E-state index contributed by atoms with van der Waals surface area (Å²) in [7, 11) is 0. The van der Waals surface area contributed by atoms with Gasteiger partial charge in [0, 0.05) is 12.0 Å². The van der Waals surface area contributed by atoms with E-state index in [1.165, 1.54) is 0 Å². The van der Waals surface area contributed by atoms with Crippen molar-refractivity contribution in [2.45, 2.75) is 61.0 Å². The normalized spacial score (nSPS) is 14.9. The van der Waals surface area contributed by atoms with Crippen LogP contribution in [0.15, 0.2) is 0 Å². The molecule has 1 unspecified atom stereocenters. The average Bonchev–Trinajstić information content (AvgIpc) is 2.09. The summed E-state index contributed by atoms with van der Waals surface area (Å²) in [6.45, 7) is 14.3. The number of rotatable bonds is 5. The van der Waals surface area contributed by atoms with Crippen molar-refractivity contribution < 1.29 is 9.90 Å². The third-order valence-corrected chi connectivity index (χ3v) is 2.99. The lowest BCUT2D eigenvalue weighted by Gasteiger charge is -2.29. The van der Waals surface area contributed by atoms with Crippen molar-refractivity contribution in [3.63, 3.8) is 0 Å². The van der Waals surface area contributed by atoms with E-state index in [2.05, 4.69) is 19.2 Å². The standard InChI is InChI=1S/C14H29NO2/c1-10(2)8-14(6,7)12(17)15-9-11(16)13(3,4)5/h10-11,16H,8-9H2,1-7H3,(H,15,17). The minimum absolute atomic E-state index is 0.0227. The van der Waals surface area contributed by atoms with Crippen molar-refractivity contribution in [3.05, 3.63) is 0 Å². The molecule has 0 aromatic heterocycles. The molecule has 3 nitrogen and oxygen atoms in total. The van der Waals surface area contributed by atoms with Crippen LogP contribution in [0.4, 0.5) is 0 Å². The molecule has 0 rings (SSSR count). The molecule has 0 saturated heterocycles. The van der Waals surface area contributed by atoms with Crippen molar-refractivity contribution in [1.82, 2.24) is 5.32 Å². The molecule has 3 heteroatoms. The fraction of sp³-hybridized carbons (Fsp3) is 0.929. The first kappa shape index (κ1) is 16.4. The Morgan fingerprint density at radius 1 is 1.18 bits per heavy atom. The van der Waals surface area contributed by atoms with Gasteiger partial charge in [-0.2, -0.15) is 0 Å². The molecule has 2 N–H and O–H groups in total. The number of hydrogen-bond donors (Lipinski definition) is 2. The molecular formula is C14H29NO2. The lowest BCUT2D eigenvalue weighted by molar-refractivity contribution is -0.131. The molecule has 102 valence electrons. The lowest BCUT2D eigenvalue weighted by Crippen LogP contribution is -2.44. The number of aliphatic hydroxyl groups is 1. The van der Waals surface area contributed by atoms with Crippen LogP contribution < -0.4 is 5.32 Å². The largest absolute Gasteiger partial charge is 0.391 e. The summed E-state index contributed by atoms with van der Waals surface area (Å²) in [6, 6.07) is 0. The van der Waals surface area contributed by atoms with Crippen LogP contribution in [0.3, 0.4) is 0 Å². The van der Waals surface area contributed by atoms with Crippen molar-refractivity contribution in [2.24, 2.45) is 16.7 Å². The lowest BCUT2D eigenvalue weighted by atomic mass is 9.82. The van der Waals surface area contributed by atoms with Crippen LogP contribution in [0.1, 0.15) is 54.9 Å². The van der Waals surface area contributed by atoms with Gasteiger partial charge in [0.25, 0.3) is 0 Å². The molecule has 1 amide bonds. The van der Waals surface area contributed by atoms with Crippen molar-refractivity contribution in [2.75, 3.05) is 6.54 Å². The summed E-state index contributed by atoms with van der Waals surface area (Å²) >= 11 is 0. The monoisotopic (exact) mass is 243 g/mol. The molecule has 0 spiro atoms. The Balaban J connectivity index is 4.27. The first-order chi connectivity index (χ1) is 7.47. The maximum absolute atomic E-state index is 12.0. The van der Waals surface area contributed by atoms with E-state index in [1.807, 2.05) is 34.6 Å². The molecule has 0 aliphatic rings. The summed E-state index contributed by atoms with van der Waals surface area (Å²) in [5.74, 6) is 0.512. The van der Waals surface area contributed by atoms with Gasteiger partial charge in [-0.1, -0.05) is 48.5 Å². The van der Waals surface area contributed by atoms with E-state index in [9.17, 15) is 9.90 Å². The highest BCUT2D eigenvalue weighted by molar-refractivity contribution is 5.81.